The highest BCUT2D eigenvalue weighted by atomic mass is 35.5. The van der Waals surface area contributed by atoms with Crippen molar-refractivity contribution in [3.05, 3.63) is 27.9 Å². The molecule has 1 aliphatic heterocycles. The molecule has 2 N–H and O–H groups in total. The van der Waals surface area contributed by atoms with E-state index in [-0.39, 0.29) is 16.7 Å². The van der Waals surface area contributed by atoms with Gasteiger partial charge in [0, 0.05) is 28.5 Å². The van der Waals surface area contributed by atoms with Gasteiger partial charge in [-0.05, 0) is 39.7 Å². The second-order valence-corrected chi connectivity index (χ2v) is 9.30. The molecule has 0 saturated heterocycles. The van der Waals surface area contributed by atoms with Gasteiger partial charge in [-0.25, -0.2) is 0 Å². The zero-order valence-electron chi connectivity index (χ0n) is 12.6. The van der Waals surface area contributed by atoms with E-state index < -0.39 is 11.4 Å². The van der Waals surface area contributed by atoms with E-state index in [4.69, 9.17) is 23.2 Å². The number of phenolic OH excluding ortho intramolecular Hbond substituents is 1. The first kappa shape index (κ1) is 16.3. The monoisotopic (exact) mass is 360 g/mol. The number of hydrogen-bond acceptors (Lipinski definition) is 3. The predicted octanol–water partition coefficient (Wildman–Crippen LogP) is 4.15. The largest absolute Gasteiger partial charge is 0.598 e. The number of halogens is 2. The van der Waals surface area contributed by atoms with Crippen molar-refractivity contribution in [1.82, 2.24) is 9.29 Å². The van der Waals surface area contributed by atoms with Crippen LogP contribution in [0.2, 0.25) is 10.0 Å². The summed E-state index contributed by atoms with van der Waals surface area (Å²) in [5, 5.41) is 11.8. The summed E-state index contributed by atoms with van der Waals surface area (Å²) in [6.45, 7) is 5.77. The molecule has 7 heteroatoms. The molecule has 0 saturated carbocycles. The molecular weight excluding hydrogens is 343 g/mol. The molecule has 4 nitrogen and oxygen atoms in total. The lowest BCUT2D eigenvalue weighted by molar-refractivity contribution is 0.456. The Hall–Kier alpha value is -0.590. The molecule has 2 atom stereocenters. The van der Waals surface area contributed by atoms with Crippen LogP contribution in [0.25, 0.3) is 10.9 Å². The number of aromatic hydroxyl groups is 1. The highest BCUT2D eigenvalue weighted by Crippen LogP contribution is 2.42. The average molecular weight is 361 g/mol. The second-order valence-electron chi connectivity index (χ2n) is 6.51. The number of phenols is 1. The van der Waals surface area contributed by atoms with E-state index in [1.807, 2.05) is 31.4 Å². The molecule has 120 valence electrons. The Morgan fingerprint density at radius 2 is 2.05 bits per heavy atom. The minimum Gasteiger partial charge on any atom is -0.598 e. The molecule has 1 aromatic heterocycles. The molecule has 0 fully saturated rings. The molecule has 3 rings (SSSR count). The van der Waals surface area contributed by atoms with Crippen LogP contribution in [-0.4, -0.2) is 19.0 Å². The lowest BCUT2D eigenvalue weighted by Gasteiger charge is -2.27. The topological polar surface area (TPSA) is 60.2 Å². The summed E-state index contributed by atoms with van der Waals surface area (Å²) >= 11 is 11.1. The fraction of sp³-hybridized carbons (Fsp3) is 0.467. The number of aryl methyl sites for hydroxylation is 1. The highest BCUT2D eigenvalue weighted by Gasteiger charge is 2.34. The standard InChI is InChI=1S/C15H18Cl2N2O2S/c1-15(2,3)22(21)18-12-5-4-8-6-9-13(17)10(16)7-11(20)14(9)19(8)12/h6-7,12,18,20H,4-5H2,1-3H3/t12-,22?/m1/s1. The van der Waals surface area contributed by atoms with E-state index >= 15 is 0 Å². The van der Waals surface area contributed by atoms with Crippen LogP contribution >= 0.6 is 23.2 Å². The maximum absolute atomic E-state index is 12.4. The number of nitrogens with one attached hydrogen (secondary N) is 1. The minimum absolute atomic E-state index is 0.0888. The van der Waals surface area contributed by atoms with Crippen molar-refractivity contribution >= 4 is 45.5 Å². The van der Waals surface area contributed by atoms with E-state index in [0.29, 0.717) is 15.6 Å². The van der Waals surface area contributed by atoms with E-state index in [1.165, 1.54) is 6.07 Å². The van der Waals surface area contributed by atoms with Crippen LogP contribution in [-0.2, 0) is 17.8 Å². The van der Waals surface area contributed by atoms with E-state index in [9.17, 15) is 9.66 Å². The number of aromatic nitrogens is 1. The summed E-state index contributed by atoms with van der Waals surface area (Å²) in [4.78, 5) is 0. The summed E-state index contributed by atoms with van der Waals surface area (Å²) in [5.74, 6) is 0.0888. The SMILES string of the molecule is CC(C)(C)[S+]([O-])N[C@H]1CCc2cc3c(Cl)c(Cl)cc(O)c3n21. The van der Waals surface area contributed by atoms with Crippen molar-refractivity contribution in [3.63, 3.8) is 0 Å². The van der Waals surface area contributed by atoms with Crippen LogP contribution in [0.15, 0.2) is 12.1 Å². The van der Waals surface area contributed by atoms with Crippen LogP contribution in [0.4, 0.5) is 0 Å². The molecule has 22 heavy (non-hydrogen) atoms. The van der Waals surface area contributed by atoms with Crippen molar-refractivity contribution in [1.29, 1.82) is 0 Å². The number of fused-ring (bicyclic) bond motifs is 3. The maximum Gasteiger partial charge on any atom is 0.141 e. The Balaban J connectivity index is 2.07. The van der Waals surface area contributed by atoms with Gasteiger partial charge < -0.3 is 14.2 Å². The molecule has 2 aromatic rings. The zero-order valence-corrected chi connectivity index (χ0v) is 14.9. The fourth-order valence-corrected chi connectivity index (χ4v) is 3.99. The lowest BCUT2D eigenvalue weighted by atomic mass is 10.2. The Bertz CT molecular complexity index is 739. The van der Waals surface area contributed by atoms with Crippen LogP contribution in [0.5, 0.6) is 5.75 Å². The second kappa shape index (κ2) is 5.49. The number of benzene rings is 1. The van der Waals surface area contributed by atoms with Gasteiger partial charge in [-0.2, -0.15) is 0 Å². The summed E-state index contributed by atoms with van der Waals surface area (Å²) in [5.41, 5.74) is 1.70. The van der Waals surface area contributed by atoms with Crippen LogP contribution in [0, 0.1) is 0 Å². The summed E-state index contributed by atoms with van der Waals surface area (Å²) in [7, 11) is 0. The number of hydrogen-bond donors (Lipinski definition) is 2. The first-order valence-corrected chi connectivity index (χ1v) is 8.99. The number of rotatable bonds is 2. The molecular formula is C15H18Cl2N2O2S. The zero-order chi connectivity index (χ0) is 16.2. The summed E-state index contributed by atoms with van der Waals surface area (Å²) < 4.78 is 17.2. The third-order valence-corrected chi connectivity index (χ3v) is 6.25. The van der Waals surface area contributed by atoms with E-state index in [2.05, 4.69) is 4.72 Å². The third kappa shape index (κ3) is 2.59. The Labute approximate surface area is 142 Å². The molecule has 1 aliphatic rings. The van der Waals surface area contributed by atoms with Crippen LogP contribution in [0.3, 0.4) is 0 Å². The van der Waals surface area contributed by atoms with Crippen molar-refractivity contribution in [3.8, 4) is 5.75 Å². The molecule has 0 aliphatic carbocycles. The molecule has 0 amide bonds. The molecule has 0 bridgehead atoms. The molecule has 1 unspecified atom stereocenters. The van der Waals surface area contributed by atoms with E-state index in [1.54, 1.807) is 0 Å². The Morgan fingerprint density at radius 3 is 2.68 bits per heavy atom. The summed E-state index contributed by atoms with van der Waals surface area (Å²) in [6.07, 6.45) is 1.53. The predicted molar refractivity (Wildman–Crippen MR) is 92.0 cm³/mol. The van der Waals surface area contributed by atoms with Crippen LogP contribution in [0.1, 0.15) is 39.1 Å². The van der Waals surface area contributed by atoms with Gasteiger partial charge in [0.1, 0.15) is 16.7 Å². The lowest BCUT2D eigenvalue weighted by Crippen LogP contribution is -2.42. The highest BCUT2D eigenvalue weighted by molar-refractivity contribution is 7.90. The van der Waals surface area contributed by atoms with Crippen molar-refractivity contribution in [2.45, 2.75) is 44.5 Å². The van der Waals surface area contributed by atoms with Gasteiger partial charge in [0.2, 0.25) is 0 Å². The average Bonchev–Trinajstić information content (AvgIpc) is 2.95. The van der Waals surface area contributed by atoms with Crippen LogP contribution < -0.4 is 4.72 Å². The molecule has 2 heterocycles. The van der Waals surface area contributed by atoms with Gasteiger partial charge in [-0.1, -0.05) is 23.2 Å². The van der Waals surface area contributed by atoms with Crippen molar-refractivity contribution in [2.75, 3.05) is 0 Å². The van der Waals surface area contributed by atoms with Crippen molar-refractivity contribution < 1.29 is 9.66 Å². The first-order chi connectivity index (χ1) is 10.2. The molecule has 0 radical (unpaired) electrons. The quantitative estimate of drug-likeness (QED) is 0.790. The van der Waals surface area contributed by atoms with Gasteiger partial charge in [-0.3, -0.25) is 0 Å². The van der Waals surface area contributed by atoms with E-state index in [0.717, 1.165) is 23.9 Å². The molecule has 1 aromatic carbocycles. The summed E-state index contributed by atoms with van der Waals surface area (Å²) in [6, 6.07) is 3.40. The minimum atomic E-state index is -1.19. The fourth-order valence-electron chi connectivity index (χ4n) is 2.76. The van der Waals surface area contributed by atoms with Gasteiger partial charge in [0.05, 0.1) is 15.6 Å². The number of nitrogens with zero attached hydrogens (tertiary/aromatic N) is 1. The first-order valence-electron chi connectivity index (χ1n) is 7.09. The third-order valence-electron chi connectivity index (χ3n) is 3.85. The normalized spacial score (nSPS) is 19.6. The van der Waals surface area contributed by atoms with Gasteiger partial charge in [-0.15, -0.1) is 4.72 Å². The Kier molecular flexibility index (Phi) is 4.06. The maximum atomic E-state index is 12.4. The Morgan fingerprint density at radius 1 is 1.36 bits per heavy atom. The van der Waals surface area contributed by atoms with Gasteiger partial charge in [0.25, 0.3) is 0 Å². The van der Waals surface area contributed by atoms with Crippen molar-refractivity contribution in [2.24, 2.45) is 0 Å². The smallest absolute Gasteiger partial charge is 0.141 e. The van der Waals surface area contributed by atoms with Gasteiger partial charge >= 0.3 is 0 Å². The van der Waals surface area contributed by atoms with Gasteiger partial charge in [0.15, 0.2) is 0 Å². The molecule has 0 spiro atoms.